The van der Waals surface area contributed by atoms with Crippen LogP contribution in [0.4, 0.5) is 0 Å². The number of nitrogens with zero attached hydrogens (tertiary/aromatic N) is 2. The van der Waals surface area contributed by atoms with Crippen molar-refractivity contribution in [3.05, 3.63) is 71.4 Å². The number of hydrogen-bond donors (Lipinski definition) is 2. The Hall–Kier alpha value is -2.57. The summed E-state index contributed by atoms with van der Waals surface area (Å²) >= 11 is 5.94. The van der Waals surface area contributed by atoms with E-state index in [1.807, 2.05) is 6.07 Å². The van der Waals surface area contributed by atoms with Crippen molar-refractivity contribution in [2.24, 2.45) is 0 Å². The van der Waals surface area contributed by atoms with E-state index in [-0.39, 0.29) is 12.5 Å². The summed E-state index contributed by atoms with van der Waals surface area (Å²) in [6.07, 6.45) is 3.63. The molecule has 0 aliphatic rings. The quantitative estimate of drug-likeness (QED) is 0.753. The van der Waals surface area contributed by atoms with Crippen molar-refractivity contribution in [1.82, 2.24) is 15.1 Å². The van der Waals surface area contributed by atoms with Gasteiger partial charge in [0.1, 0.15) is 11.9 Å². The predicted molar refractivity (Wildman–Crippen MR) is 84.6 cm³/mol. The van der Waals surface area contributed by atoms with Crippen LogP contribution >= 0.6 is 11.6 Å². The monoisotopic (exact) mass is 331 g/mol. The van der Waals surface area contributed by atoms with Crippen LogP contribution in [0.25, 0.3) is 5.69 Å². The van der Waals surface area contributed by atoms with Gasteiger partial charge >= 0.3 is 0 Å². The molecular formula is C16H14ClN3O3. The van der Waals surface area contributed by atoms with Gasteiger partial charge in [0.25, 0.3) is 5.91 Å². The Bertz CT molecular complexity index is 799. The van der Waals surface area contributed by atoms with Gasteiger partial charge in [0.05, 0.1) is 30.3 Å². The Morgan fingerprint density at radius 3 is 3.00 bits per heavy atom. The highest BCUT2D eigenvalue weighted by atomic mass is 35.5. The number of amides is 1. The Labute approximate surface area is 137 Å². The van der Waals surface area contributed by atoms with E-state index in [0.717, 1.165) is 5.69 Å². The summed E-state index contributed by atoms with van der Waals surface area (Å²) in [6, 6.07) is 10.5. The minimum atomic E-state index is -0.892. The fourth-order valence-electron chi connectivity index (χ4n) is 2.07. The largest absolute Gasteiger partial charge is 0.467 e. The van der Waals surface area contributed by atoms with Crippen LogP contribution in [0.15, 0.2) is 59.5 Å². The van der Waals surface area contributed by atoms with Crippen molar-refractivity contribution in [1.29, 1.82) is 0 Å². The molecule has 3 aromatic rings. The summed E-state index contributed by atoms with van der Waals surface area (Å²) in [5.41, 5.74) is 1.14. The number of halogens is 1. The van der Waals surface area contributed by atoms with Crippen molar-refractivity contribution in [2.45, 2.75) is 6.10 Å². The lowest BCUT2D eigenvalue weighted by atomic mass is 10.2. The highest BCUT2D eigenvalue weighted by Crippen LogP contribution is 2.15. The summed E-state index contributed by atoms with van der Waals surface area (Å²) in [5.74, 6) is 0.0730. The SMILES string of the molecule is O=C(NCC(O)c1ccco1)c1cnn(-c2cccc(Cl)c2)c1. The molecule has 0 aliphatic carbocycles. The third-order valence-electron chi connectivity index (χ3n) is 3.25. The van der Waals surface area contributed by atoms with Gasteiger partial charge in [-0.05, 0) is 30.3 Å². The van der Waals surface area contributed by atoms with Gasteiger partial charge in [0.2, 0.25) is 0 Å². The average molecular weight is 332 g/mol. The molecule has 118 valence electrons. The number of carbonyl (C=O) groups excluding carboxylic acids is 1. The lowest BCUT2D eigenvalue weighted by Gasteiger charge is -2.08. The Balaban J connectivity index is 1.64. The number of hydrogen-bond acceptors (Lipinski definition) is 4. The molecule has 1 amide bonds. The first-order valence-electron chi connectivity index (χ1n) is 6.94. The Morgan fingerprint density at radius 2 is 2.26 bits per heavy atom. The lowest BCUT2D eigenvalue weighted by molar-refractivity contribution is 0.0901. The molecule has 7 heteroatoms. The van der Waals surface area contributed by atoms with Gasteiger partial charge < -0.3 is 14.8 Å². The molecule has 0 saturated carbocycles. The highest BCUT2D eigenvalue weighted by molar-refractivity contribution is 6.30. The first kappa shape index (κ1) is 15.3. The molecule has 0 fully saturated rings. The van der Waals surface area contributed by atoms with Crippen LogP contribution in [0.5, 0.6) is 0 Å². The standard InChI is InChI=1S/C16H14ClN3O3/c17-12-3-1-4-13(7-12)20-10-11(8-19-20)16(22)18-9-14(21)15-5-2-6-23-15/h1-8,10,14,21H,9H2,(H,18,22). The van der Waals surface area contributed by atoms with E-state index in [2.05, 4.69) is 10.4 Å². The van der Waals surface area contributed by atoms with Gasteiger partial charge in [0.15, 0.2) is 0 Å². The third-order valence-corrected chi connectivity index (χ3v) is 3.48. The fourth-order valence-corrected chi connectivity index (χ4v) is 2.26. The van der Waals surface area contributed by atoms with E-state index in [1.165, 1.54) is 12.5 Å². The van der Waals surface area contributed by atoms with Crippen LogP contribution in [0.3, 0.4) is 0 Å². The zero-order chi connectivity index (χ0) is 16.2. The van der Waals surface area contributed by atoms with E-state index in [0.29, 0.717) is 16.3 Å². The molecular weight excluding hydrogens is 318 g/mol. The Morgan fingerprint density at radius 1 is 1.39 bits per heavy atom. The smallest absolute Gasteiger partial charge is 0.254 e. The van der Waals surface area contributed by atoms with E-state index in [4.69, 9.17) is 16.0 Å². The maximum absolute atomic E-state index is 12.1. The van der Waals surface area contributed by atoms with Gasteiger partial charge in [-0.3, -0.25) is 4.79 Å². The Kier molecular flexibility index (Phi) is 4.45. The van der Waals surface area contributed by atoms with Crippen LogP contribution in [0.1, 0.15) is 22.2 Å². The van der Waals surface area contributed by atoms with Gasteiger partial charge in [-0.1, -0.05) is 17.7 Å². The summed E-state index contributed by atoms with van der Waals surface area (Å²) < 4.78 is 6.64. The number of furan rings is 1. The molecule has 1 aromatic carbocycles. The maximum atomic E-state index is 12.1. The number of rotatable bonds is 5. The van der Waals surface area contributed by atoms with E-state index in [9.17, 15) is 9.90 Å². The zero-order valence-corrected chi connectivity index (χ0v) is 12.8. The van der Waals surface area contributed by atoms with Crippen LogP contribution < -0.4 is 5.32 Å². The van der Waals surface area contributed by atoms with Crippen molar-refractivity contribution in [2.75, 3.05) is 6.54 Å². The van der Waals surface area contributed by atoms with E-state index < -0.39 is 6.10 Å². The highest BCUT2D eigenvalue weighted by Gasteiger charge is 2.14. The normalized spacial score (nSPS) is 12.1. The molecule has 2 aromatic heterocycles. The van der Waals surface area contributed by atoms with E-state index >= 15 is 0 Å². The maximum Gasteiger partial charge on any atom is 0.254 e. The second-order valence-electron chi connectivity index (χ2n) is 4.89. The first-order valence-corrected chi connectivity index (χ1v) is 7.31. The van der Waals surface area contributed by atoms with Crippen molar-refractivity contribution < 1.29 is 14.3 Å². The molecule has 0 radical (unpaired) electrons. The molecule has 2 N–H and O–H groups in total. The summed E-state index contributed by atoms with van der Waals surface area (Å²) in [7, 11) is 0. The van der Waals surface area contributed by atoms with Crippen LogP contribution in [-0.4, -0.2) is 27.3 Å². The number of carbonyl (C=O) groups is 1. The van der Waals surface area contributed by atoms with Crippen LogP contribution in [0, 0.1) is 0 Å². The van der Waals surface area contributed by atoms with Crippen molar-refractivity contribution >= 4 is 17.5 Å². The van der Waals surface area contributed by atoms with Crippen molar-refractivity contribution in [3.63, 3.8) is 0 Å². The third kappa shape index (κ3) is 3.61. The predicted octanol–water partition coefficient (Wildman–Crippen LogP) is 2.58. The second-order valence-corrected chi connectivity index (χ2v) is 5.33. The topological polar surface area (TPSA) is 80.3 Å². The minimum absolute atomic E-state index is 0.0503. The fraction of sp³-hybridized carbons (Fsp3) is 0.125. The van der Waals surface area contributed by atoms with Gasteiger partial charge in [0, 0.05) is 11.2 Å². The minimum Gasteiger partial charge on any atom is -0.467 e. The van der Waals surface area contributed by atoms with Crippen LogP contribution in [0.2, 0.25) is 5.02 Å². The summed E-state index contributed by atoms with van der Waals surface area (Å²) in [4.78, 5) is 12.1. The average Bonchev–Trinajstić information content (AvgIpc) is 3.23. The molecule has 23 heavy (non-hydrogen) atoms. The second kappa shape index (κ2) is 6.68. The van der Waals surface area contributed by atoms with Gasteiger partial charge in [-0.25, -0.2) is 4.68 Å². The summed E-state index contributed by atoms with van der Waals surface area (Å²) in [6.45, 7) is 0.0503. The molecule has 0 bridgehead atoms. The molecule has 0 saturated heterocycles. The number of nitrogens with one attached hydrogen (secondary N) is 1. The number of benzene rings is 1. The molecule has 6 nitrogen and oxygen atoms in total. The molecule has 2 heterocycles. The molecule has 1 unspecified atom stereocenters. The first-order chi connectivity index (χ1) is 11.1. The molecule has 1 atom stereocenters. The molecule has 0 aliphatic heterocycles. The van der Waals surface area contributed by atoms with Crippen LogP contribution in [-0.2, 0) is 0 Å². The van der Waals surface area contributed by atoms with Gasteiger partial charge in [-0.15, -0.1) is 0 Å². The molecule has 0 spiro atoms. The number of aromatic nitrogens is 2. The lowest BCUT2D eigenvalue weighted by Crippen LogP contribution is -2.27. The van der Waals surface area contributed by atoms with Crippen molar-refractivity contribution in [3.8, 4) is 5.69 Å². The molecule has 3 rings (SSSR count). The van der Waals surface area contributed by atoms with E-state index in [1.54, 1.807) is 41.2 Å². The number of aliphatic hydroxyl groups excluding tert-OH is 1. The number of aliphatic hydroxyl groups is 1. The zero-order valence-electron chi connectivity index (χ0n) is 12.0. The summed E-state index contributed by atoms with van der Waals surface area (Å²) in [5, 5.41) is 17.2. The van der Waals surface area contributed by atoms with Gasteiger partial charge in [-0.2, -0.15) is 5.10 Å².